The molecule has 28 heavy (non-hydrogen) atoms. The summed E-state index contributed by atoms with van der Waals surface area (Å²) in [6.07, 6.45) is 2.08. The van der Waals surface area contributed by atoms with Gasteiger partial charge in [-0.2, -0.15) is 0 Å². The maximum atomic E-state index is 12.7. The molecule has 6 heteroatoms. The molecule has 148 valence electrons. The predicted octanol–water partition coefficient (Wildman–Crippen LogP) is 3.57. The first-order chi connectivity index (χ1) is 13.5. The topological polar surface area (TPSA) is 67.9 Å². The molecule has 0 unspecified atom stereocenters. The Bertz CT molecular complexity index is 848. The fourth-order valence-corrected chi connectivity index (χ4v) is 3.59. The Labute approximate surface area is 165 Å². The van der Waals surface area contributed by atoms with E-state index < -0.39 is 5.97 Å². The lowest BCUT2D eigenvalue weighted by Crippen LogP contribution is -2.33. The molecule has 0 aliphatic carbocycles. The van der Waals surface area contributed by atoms with Gasteiger partial charge in [0.2, 0.25) is 5.91 Å². The van der Waals surface area contributed by atoms with Gasteiger partial charge in [-0.3, -0.25) is 9.69 Å². The van der Waals surface area contributed by atoms with Crippen molar-refractivity contribution >= 4 is 17.6 Å². The fourth-order valence-electron chi connectivity index (χ4n) is 3.59. The number of nitrogens with one attached hydrogen (secondary N) is 1. The summed E-state index contributed by atoms with van der Waals surface area (Å²) in [4.78, 5) is 26.6. The minimum absolute atomic E-state index is 0.0921. The molecule has 3 rings (SSSR count). The van der Waals surface area contributed by atoms with Gasteiger partial charge in [0, 0.05) is 11.7 Å². The number of hydrogen-bond acceptors (Lipinski definition) is 5. The average molecular weight is 382 g/mol. The highest BCUT2D eigenvalue weighted by molar-refractivity contribution is 5.96. The number of hydrogen-bond donors (Lipinski definition) is 1. The number of likely N-dealkylation sites (tertiary alicyclic amines) is 1. The summed E-state index contributed by atoms with van der Waals surface area (Å²) in [7, 11) is 2.99. The zero-order valence-corrected chi connectivity index (χ0v) is 16.5. The van der Waals surface area contributed by atoms with Crippen molar-refractivity contribution in [3.63, 3.8) is 0 Å². The zero-order chi connectivity index (χ0) is 20.1. The van der Waals surface area contributed by atoms with Gasteiger partial charge < -0.3 is 14.8 Å². The Morgan fingerprint density at radius 2 is 1.89 bits per heavy atom. The van der Waals surface area contributed by atoms with E-state index in [0.29, 0.717) is 17.8 Å². The van der Waals surface area contributed by atoms with Crippen LogP contribution < -0.4 is 10.1 Å². The molecular weight excluding hydrogens is 356 g/mol. The van der Waals surface area contributed by atoms with Crippen molar-refractivity contribution in [3.05, 3.63) is 59.2 Å². The molecule has 1 saturated heterocycles. The number of nitrogens with zero attached hydrogens (tertiary/aromatic N) is 1. The van der Waals surface area contributed by atoms with Crippen molar-refractivity contribution in [1.29, 1.82) is 0 Å². The van der Waals surface area contributed by atoms with E-state index in [9.17, 15) is 9.59 Å². The maximum Gasteiger partial charge on any atom is 0.337 e. The summed E-state index contributed by atoms with van der Waals surface area (Å²) in [5.74, 6) is 0.312. The maximum absolute atomic E-state index is 12.7. The third-order valence-corrected chi connectivity index (χ3v) is 5.14. The van der Waals surface area contributed by atoms with E-state index in [1.165, 1.54) is 12.7 Å². The van der Waals surface area contributed by atoms with Crippen molar-refractivity contribution in [2.24, 2.45) is 0 Å². The van der Waals surface area contributed by atoms with Gasteiger partial charge >= 0.3 is 5.97 Å². The number of amides is 1. The van der Waals surface area contributed by atoms with Crippen LogP contribution in [0.25, 0.3) is 0 Å². The Hall–Kier alpha value is -2.86. The van der Waals surface area contributed by atoms with Crippen molar-refractivity contribution < 1.29 is 19.1 Å². The third-order valence-electron chi connectivity index (χ3n) is 5.14. The minimum Gasteiger partial charge on any atom is -0.497 e. The fraction of sp³-hybridized carbons (Fsp3) is 0.364. The standard InChI is InChI=1S/C22H26N2O4/c1-15-6-7-17(22(26)28-3)13-19(15)23-21(25)14-24-12-4-5-20(24)16-8-10-18(27-2)11-9-16/h6-11,13,20H,4-5,12,14H2,1-3H3,(H,23,25)/t20-/m1/s1. The summed E-state index contributed by atoms with van der Waals surface area (Å²) in [6.45, 7) is 3.08. The number of anilines is 1. The number of carbonyl (C=O) groups excluding carboxylic acids is 2. The second kappa shape index (κ2) is 8.89. The lowest BCUT2D eigenvalue weighted by atomic mass is 10.0. The zero-order valence-electron chi connectivity index (χ0n) is 16.5. The van der Waals surface area contributed by atoms with Crippen LogP contribution in [0.15, 0.2) is 42.5 Å². The average Bonchev–Trinajstić information content (AvgIpc) is 3.17. The molecule has 0 radical (unpaired) electrons. The lowest BCUT2D eigenvalue weighted by Gasteiger charge is -2.24. The molecule has 6 nitrogen and oxygen atoms in total. The quantitative estimate of drug-likeness (QED) is 0.774. The van der Waals surface area contributed by atoms with Gasteiger partial charge in [0.05, 0.1) is 26.3 Å². The Balaban J connectivity index is 1.67. The molecule has 1 heterocycles. The Morgan fingerprint density at radius 3 is 2.57 bits per heavy atom. The Kier molecular flexibility index (Phi) is 6.31. The van der Waals surface area contributed by atoms with Crippen molar-refractivity contribution in [3.8, 4) is 5.75 Å². The van der Waals surface area contributed by atoms with E-state index >= 15 is 0 Å². The van der Waals surface area contributed by atoms with Crippen molar-refractivity contribution in [2.75, 3.05) is 32.6 Å². The molecule has 2 aromatic carbocycles. The molecule has 1 atom stereocenters. The first kappa shape index (κ1) is 19.9. The van der Waals surface area contributed by atoms with Gasteiger partial charge in [-0.1, -0.05) is 18.2 Å². The van der Waals surface area contributed by atoms with Gasteiger partial charge in [0.25, 0.3) is 0 Å². The molecule has 1 aliphatic heterocycles. The summed E-state index contributed by atoms with van der Waals surface area (Å²) in [5, 5.41) is 2.94. The van der Waals surface area contributed by atoms with Gasteiger partial charge in [0.1, 0.15) is 5.75 Å². The predicted molar refractivity (Wildman–Crippen MR) is 108 cm³/mol. The van der Waals surface area contributed by atoms with Crippen molar-refractivity contribution in [1.82, 2.24) is 4.90 Å². The van der Waals surface area contributed by atoms with Gasteiger partial charge in [0.15, 0.2) is 0 Å². The van der Waals surface area contributed by atoms with E-state index in [1.807, 2.05) is 19.1 Å². The number of aryl methyl sites for hydroxylation is 1. The number of ether oxygens (including phenoxy) is 2. The molecule has 1 aliphatic rings. The second-order valence-electron chi connectivity index (χ2n) is 6.97. The van der Waals surface area contributed by atoms with Crippen LogP contribution in [-0.4, -0.2) is 44.1 Å². The SMILES string of the molecule is COC(=O)c1ccc(C)c(NC(=O)CN2CCC[C@@H]2c2ccc(OC)cc2)c1. The van der Waals surface area contributed by atoms with Gasteiger partial charge in [-0.15, -0.1) is 0 Å². The normalized spacial score (nSPS) is 16.6. The number of rotatable bonds is 6. The molecular formula is C22H26N2O4. The van der Waals surface area contributed by atoms with Crippen LogP contribution in [-0.2, 0) is 9.53 Å². The first-order valence-electron chi connectivity index (χ1n) is 9.38. The van der Waals surface area contributed by atoms with E-state index in [4.69, 9.17) is 9.47 Å². The van der Waals surface area contributed by atoms with Crippen LogP contribution in [0.2, 0.25) is 0 Å². The van der Waals surface area contributed by atoms with Crippen LogP contribution in [0.3, 0.4) is 0 Å². The summed E-state index contributed by atoms with van der Waals surface area (Å²) in [6, 6.07) is 13.4. The van der Waals surface area contributed by atoms with Crippen LogP contribution in [0, 0.1) is 6.92 Å². The second-order valence-corrected chi connectivity index (χ2v) is 6.97. The lowest BCUT2D eigenvalue weighted by molar-refractivity contribution is -0.117. The van der Waals surface area contributed by atoms with E-state index in [1.54, 1.807) is 25.3 Å². The van der Waals surface area contributed by atoms with Gasteiger partial charge in [-0.05, 0) is 61.7 Å². The largest absolute Gasteiger partial charge is 0.497 e. The number of carbonyl (C=O) groups is 2. The van der Waals surface area contributed by atoms with Crippen LogP contribution >= 0.6 is 0 Å². The monoisotopic (exact) mass is 382 g/mol. The highest BCUT2D eigenvalue weighted by Gasteiger charge is 2.27. The highest BCUT2D eigenvalue weighted by Crippen LogP contribution is 2.32. The third kappa shape index (κ3) is 4.51. The molecule has 1 fully saturated rings. The van der Waals surface area contributed by atoms with Gasteiger partial charge in [-0.25, -0.2) is 4.79 Å². The van der Waals surface area contributed by atoms with Crippen LogP contribution in [0.1, 0.15) is 40.4 Å². The summed E-state index contributed by atoms with van der Waals surface area (Å²) in [5.41, 5.74) is 3.14. The summed E-state index contributed by atoms with van der Waals surface area (Å²) >= 11 is 0. The summed E-state index contributed by atoms with van der Waals surface area (Å²) < 4.78 is 9.98. The minimum atomic E-state index is -0.422. The number of esters is 1. The molecule has 0 saturated carbocycles. The smallest absolute Gasteiger partial charge is 0.337 e. The molecule has 2 aromatic rings. The highest BCUT2D eigenvalue weighted by atomic mass is 16.5. The number of benzene rings is 2. The van der Waals surface area contributed by atoms with E-state index in [0.717, 1.165) is 30.7 Å². The van der Waals surface area contributed by atoms with E-state index in [2.05, 4.69) is 22.3 Å². The van der Waals surface area contributed by atoms with Crippen LogP contribution in [0.4, 0.5) is 5.69 Å². The Morgan fingerprint density at radius 1 is 1.14 bits per heavy atom. The molecule has 0 spiro atoms. The van der Waals surface area contributed by atoms with Crippen molar-refractivity contribution in [2.45, 2.75) is 25.8 Å². The molecule has 1 N–H and O–H groups in total. The first-order valence-corrected chi connectivity index (χ1v) is 9.38. The van der Waals surface area contributed by atoms with E-state index in [-0.39, 0.29) is 11.9 Å². The van der Waals surface area contributed by atoms with Crippen LogP contribution in [0.5, 0.6) is 5.75 Å². The molecule has 0 bridgehead atoms. The molecule has 1 amide bonds. The number of methoxy groups -OCH3 is 2. The molecule has 0 aromatic heterocycles.